The highest BCUT2D eigenvalue weighted by molar-refractivity contribution is 6.29. The van der Waals surface area contributed by atoms with Gasteiger partial charge in [0.05, 0.1) is 0 Å². The first kappa shape index (κ1) is 13.2. The molecule has 0 fully saturated rings. The van der Waals surface area contributed by atoms with Gasteiger partial charge in [0.15, 0.2) is 9.76 Å². The van der Waals surface area contributed by atoms with Crippen LogP contribution in [-0.2, 0) is 4.43 Å². The Hall–Kier alpha value is 0.177. The fourth-order valence-electron chi connectivity index (χ4n) is 1.55. The van der Waals surface area contributed by atoms with Gasteiger partial charge in [-0.25, -0.2) is 0 Å². The van der Waals surface area contributed by atoms with E-state index in [9.17, 15) is 0 Å². The van der Waals surface area contributed by atoms with E-state index in [4.69, 9.17) is 4.43 Å². The molecular formula is C11H26OSi. The lowest BCUT2D eigenvalue weighted by molar-refractivity contribution is 0.222. The zero-order valence-electron chi connectivity index (χ0n) is 9.81. The van der Waals surface area contributed by atoms with E-state index in [-0.39, 0.29) is 9.76 Å². The molecule has 0 aliphatic carbocycles. The van der Waals surface area contributed by atoms with Crippen molar-refractivity contribution in [2.45, 2.75) is 71.4 Å². The van der Waals surface area contributed by atoms with E-state index in [1.165, 1.54) is 25.7 Å². The van der Waals surface area contributed by atoms with Gasteiger partial charge in [0.2, 0.25) is 0 Å². The van der Waals surface area contributed by atoms with Gasteiger partial charge in [-0.15, -0.1) is 0 Å². The molecule has 0 heterocycles. The average molecular weight is 202 g/mol. The number of hydrogen-bond acceptors (Lipinski definition) is 1. The summed E-state index contributed by atoms with van der Waals surface area (Å²) < 4.78 is 5.90. The summed E-state index contributed by atoms with van der Waals surface area (Å²) in [5.41, 5.74) is 0.934. The molecule has 0 amide bonds. The second-order valence-corrected chi connectivity index (χ2v) is 5.82. The molecule has 0 aromatic carbocycles. The summed E-state index contributed by atoms with van der Waals surface area (Å²) in [5.74, 6) is 0. The van der Waals surface area contributed by atoms with E-state index in [0.717, 1.165) is 12.0 Å². The Kier molecular flexibility index (Phi) is 8.88. The first-order valence-corrected chi connectivity index (χ1v) is 7.25. The topological polar surface area (TPSA) is 9.23 Å². The van der Waals surface area contributed by atoms with Gasteiger partial charge in [0.25, 0.3) is 0 Å². The molecule has 1 unspecified atom stereocenters. The second-order valence-electron chi connectivity index (χ2n) is 4.00. The Bertz CT molecular complexity index is 100. The molecule has 0 radical (unpaired) electrons. The average Bonchev–Trinajstić information content (AvgIpc) is 2.14. The first-order chi connectivity index (χ1) is 6.24. The Morgan fingerprint density at radius 2 is 1.62 bits per heavy atom. The van der Waals surface area contributed by atoms with Crippen LogP contribution in [0.1, 0.15) is 59.8 Å². The molecule has 0 aliphatic heterocycles. The van der Waals surface area contributed by atoms with E-state index in [1.54, 1.807) is 0 Å². The van der Waals surface area contributed by atoms with Crippen molar-refractivity contribution < 1.29 is 4.43 Å². The van der Waals surface area contributed by atoms with Gasteiger partial charge >= 0.3 is 0 Å². The first-order valence-electron chi connectivity index (χ1n) is 5.86. The normalized spacial score (nSPS) is 14.5. The van der Waals surface area contributed by atoms with E-state index >= 15 is 0 Å². The molecule has 1 nitrogen and oxygen atoms in total. The van der Waals surface area contributed by atoms with Crippen LogP contribution in [0.4, 0.5) is 0 Å². The van der Waals surface area contributed by atoms with Gasteiger partial charge in [-0.3, -0.25) is 0 Å². The standard InChI is InChI=1S/C11H26OSi/c1-5-8-11(9-6-2)13-12-10(4)7-3/h10-11H,5-9,13H2,1-4H3. The lowest BCUT2D eigenvalue weighted by Gasteiger charge is -2.17. The minimum Gasteiger partial charge on any atom is -0.421 e. The summed E-state index contributed by atoms with van der Waals surface area (Å²) in [4.78, 5) is 0. The van der Waals surface area contributed by atoms with Gasteiger partial charge in [0, 0.05) is 6.10 Å². The molecule has 0 saturated heterocycles. The van der Waals surface area contributed by atoms with E-state index < -0.39 is 0 Å². The molecule has 1 atom stereocenters. The van der Waals surface area contributed by atoms with Crippen LogP contribution < -0.4 is 0 Å². The maximum atomic E-state index is 5.90. The van der Waals surface area contributed by atoms with Crippen molar-refractivity contribution in [3.63, 3.8) is 0 Å². The Labute approximate surface area is 86.2 Å². The van der Waals surface area contributed by atoms with Crippen LogP contribution in [0.2, 0.25) is 5.54 Å². The van der Waals surface area contributed by atoms with Crippen LogP contribution >= 0.6 is 0 Å². The monoisotopic (exact) mass is 202 g/mol. The molecule has 80 valence electrons. The predicted octanol–water partition coefficient (Wildman–Crippen LogP) is 3.27. The number of rotatable bonds is 8. The lowest BCUT2D eigenvalue weighted by Crippen LogP contribution is -2.15. The van der Waals surface area contributed by atoms with Crippen LogP contribution in [0.3, 0.4) is 0 Å². The Morgan fingerprint density at radius 1 is 1.08 bits per heavy atom. The molecule has 0 spiro atoms. The van der Waals surface area contributed by atoms with Gasteiger partial charge in [-0.2, -0.15) is 0 Å². The van der Waals surface area contributed by atoms with Gasteiger partial charge in [-0.05, 0) is 18.9 Å². The maximum Gasteiger partial charge on any atom is 0.165 e. The van der Waals surface area contributed by atoms with Crippen molar-refractivity contribution >= 4 is 9.76 Å². The Balaban J connectivity index is 3.55. The lowest BCUT2D eigenvalue weighted by atomic mass is 10.1. The quantitative estimate of drug-likeness (QED) is 0.549. The van der Waals surface area contributed by atoms with E-state index in [1.807, 2.05) is 0 Å². The third kappa shape index (κ3) is 7.26. The van der Waals surface area contributed by atoms with Crippen LogP contribution in [0.25, 0.3) is 0 Å². The summed E-state index contributed by atoms with van der Waals surface area (Å²) in [6.07, 6.45) is 7.08. The van der Waals surface area contributed by atoms with Crippen LogP contribution in [0.15, 0.2) is 0 Å². The maximum absolute atomic E-state index is 5.90. The van der Waals surface area contributed by atoms with Crippen LogP contribution in [0, 0.1) is 0 Å². The SMILES string of the molecule is CCCC(CCC)[SiH2]OC(C)CC. The zero-order valence-corrected chi connectivity index (χ0v) is 11.2. The predicted molar refractivity (Wildman–Crippen MR) is 62.9 cm³/mol. The minimum absolute atomic E-state index is 0.255. The molecule has 13 heavy (non-hydrogen) atoms. The third-order valence-corrected chi connectivity index (χ3v) is 4.63. The van der Waals surface area contributed by atoms with Gasteiger partial charge in [-0.1, -0.05) is 46.5 Å². The van der Waals surface area contributed by atoms with Crippen LogP contribution in [-0.4, -0.2) is 15.9 Å². The van der Waals surface area contributed by atoms with Crippen molar-refractivity contribution in [3.05, 3.63) is 0 Å². The van der Waals surface area contributed by atoms with Crippen LogP contribution in [0.5, 0.6) is 0 Å². The van der Waals surface area contributed by atoms with Gasteiger partial charge in [0.1, 0.15) is 0 Å². The van der Waals surface area contributed by atoms with E-state index in [2.05, 4.69) is 27.7 Å². The van der Waals surface area contributed by atoms with Crippen molar-refractivity contribution in [2.75, 3.05) is 0 Å². The van der Waals surface area contributed by atoms with E-state index in [0.29, 0.717) is 6.10 Å². The third-order valence-electron chi connectivity index (χ3n) is 2.59. The largest absolute Gasteiger partial charge is 0.421 e. The molecule has 2 heteroatoms. The number of hydrogen-bond donors (Lipinski definition) is 0. The van der Waals surface area contributed by atoms with Crippen molar-refractivity contribution in [3.8, 4) is 0 Å². The summed E-state index contributed by atoms with van der Waals surface area (Å²) in [6, 6.07) is 0. The van der Waals surface area contributed by atoms with Gasteiger partial charge < -0.3 is 4.43 Å². The Morgan fingerprint density at radius 3 is 2.00 bits per heavy atom. The fraction of sp³-hybridized carbons (Fsp3) is 1.00. The summed E-state index contributed by atoms with van der Waals surface area (Å²) in [7, 11) is -0.255. The molecule has 0 bridgehead atoms. The summed E-state index contributed by atoms with van der Waals surface area (Å²) >= 11 is 0. The minimum atomic E-state index is -0.255. The second kappa shape index (κ2) is 8.76. The van der Waals surface area contributed by atoms with Crippen molar-refractivity contribution in [1.82, 2.24) is 0 Å². The smallest absolute Gasteiger partial charge is 0.165 e. The van der Waals surface area contributed by atoms with Crippen molar-refractivity contribution in [1.29, 1.82) is 0 Å². The molecule has 0 N–H and O–H groups in total. The summed E-state index contributed by atoms with van der Waals surface area (Å²) in [6.45, 7) is 8.95. The molecular weight excluding hydrogens is 176 g/mol. The van der Waals surface area contributed by atoms with Crippen molar-refractivity contribution in [2.24, 2.45) is 0 Å². The molecule has 0 aromatic rings. The highest BCUT2D eigenvalue weighted by Gasteiger charge is 2.09. The highest BCUT2D eigenvalue weighted by Crippen LogP contribution is 2.19. The molecule has 0 aromatic heterocycles. The highest BCUT2D eigenvalue weighted by atomic mass is 28.2. The fourth-order valence-corrected chi connectivity index (χ4v) is 3.53. The summed E-state index contributed by atoms with van der Waals surface area (Å²) in [5, 5.41) is 0. The molecule has 0 saturated carbocycles. The zero-order chi connectivity index (χ0) is 10.1. The molecule has 0 aliphatic rings. The molecule has 0 rings (SSSR count).